The monoisotopic (exact) mass is 380 g/mol. The minimum atomic E-state index is -4.74. The van der Waals surface area contributed by atoms with Crippen LogP contribution in [0, 0.1) is 5.82 Å². The fourth-order valence-electron chi connectivity index (χ4n) is 3.01. The first-order valence-corrected chi connectivity index (χ1v) is 8.29. The molecule has 1 fully saturated rings. The van der Waals surface area contributed by atoms with E-state index < -0.39 is 29.0 Å². The predicted molar refractivity (Wildman–Crippen MR) is 90.5 cm³/mol. The van der Waals surface area contributed by atoms with Crippen LogP contribution in [0.1, 0.15) is 28.8 Å². The first-order valence-electron chi connectivity index (χ1n) is 8.29. The number of benzene rings is 2. The molecular weight excluding hydrogens is 364 g/mol. The van der Waals surface area contributed by atoms with E-state index in [1.807, 2.05) is 0 Å². The Hall–Kier alpha value is -2.90. The van der Waals surface area contributed by atoms with Crippen LogP contribution < -0.4 is 4.90 Å². The van der Waals surface area contributed by atoms with Gasteiger partial charge in [0.25, 0.3) is 5.91 Å². The number of likely N-dealkylation sites (tertiary alicyclic amines) is 1. The molecule has 3 rings (SSSR count). The number of alkyl halides is 3. The van der Waals surface area contributed by atoms with Crippen molar-refractivity contribution in [3.63, 3.8) is 0 Å². The fourth-order valence-corrected chi connectivity index (χ4v) is 3.01. The Morgan fingerprint density at radius 2 is 1.74 bits per heavy atom. The minimum Gasteiger partial charge on any atom is -0.324 e. The topological polar surface area (TPSA) is 40.6 Å². The molecule has 0 aliphatic carbocycles. The van der Waals surface area contributed by atoms with Gasteiger partial charge in [0.05, 0.1) is 16.8 Å². The third kappa shape index (κ3) is 3.94. The summed E-state index contributed by atoms with van der Waals surface area (Å²) >= 11 is 0. The number of nitrogens with zero attached hydrogens (tertiary/aromatic N) is 2. The summed E-state index contributed by atoms with van der Waals surface area (Å²) in [6.07, 6.45) is -3.87. The van der Waals surface area contributed by atoms with E-state index in [9.17, 15) is 27.2 Å². The Morgan fingerprint density at radius 1 is 1.07 bits per heavy atom. The molecule has 0 radical (unpaired) electrons. The average molecular weight is 380 g/mol. The zero-order valence-electron chi connectivity index (χ0n) is 14.2. The molecule has 2 aromatic carbocycles. The molecule has 0 atom stereocenters. The zero-order valence-corrected chi connectivity index (χ0v) is 14.2. The predicted octanol–water partition coefficient (Wildman–Crippen LogP) is 4.07. The van der Waals surface area contributed by atoms with E-state index in [1.165, 1.54) is 35.2 Å². The van der Waals surface area contributed by atoms with E-state index in [2.05, 4.69) is 0 Å². The SMILES string of the molecule is O=C1CCCN1CN(C(=O)c1ccccc1C(F)(F)F)c1ccccc1F. The van der Waals surface area contributed by atoms with Gasteiger partial charge in [0, 0.05) is 13.0 Å². The van der Waals surface area contributed by atoms with Crippen molar-refractivity contribution in [3.8, 4) is 0 Å². The Morgan fingerprint density at radius 3 is 2.37 bits per heavy atom. The second-order valence-corrected chi connectivity index (χ2v) is 6.13. The summed E-state index contributed by atoms with van der Waals surface area (Å²) in [6, 6.07) is 9.62. The number of carbonyl (C=O) groups is 2. The van der Waals surface area contributed by atoms with Crippen molar-refractivity contribution in [1.82, 2.24) is 4.90 Å². The number of amides is 2. The highest BCUT2D eigenvalue weighted by Crippen LogP contribution is 2.33. The summed E-state index contributed by atoms with van der Waals surface area (Å²) in [7, 11) is 0. The van der Waals surface area contributed by atoms with Gasteiger partial charge in [-0.2, -0.15) is 13.2 Å². The van der Waals surface area contributed by atoms with Gasteiger partial charge in [-0.05, 0) is 30.7 Å². The van der Waals surface area contributed by atoms with Crippen molar-refractivity contribution >= 4 is 17.5 Å². The summed E-state index contributed by atoms with van der Waals surface area (Å²) < 4.78 is 54.2. The van der Waals surface area contributed by atoms with Crippen LogP contribution in [0.15, 0.2) is 48.5 Å². The number of hydrogen-bond acceptors (Lipinski definition) is 2. The normalized spacial score (nSPS) is 14.5. The minimum absolute atomic E-state index is 0.181. The van der Waals surface area contributed by atoms with Gasteiger partial charge in [0.1, 0.15) is 12.5 Å². The van der Waals surface area contributed by atoms with Crippen molar-refractivity contribution in [1.29, 1.82) is 0 Å². The molecule has 0 spiro atoms. The van der Waals surface area contributed by atoms with Gasteiger partial charge in [0.15, 0.2) is 0 Å². The molecule has 1 aliphatic heterocycles. The lowest BCUT2D eigenvalue weighted by Crippen LogP contribution is -2.43. The molecule has 0 unspecified atom stereocenters. The van der Waals surface area contributed by atoms with Gasteiger partial charge in [-0.15, -0.1) is 0 Å². The zero-order chi connectivity index (χ0) is 19.6. The summed E-state index contributed by atoms with van der Waals surface area (Å²) in [6.45, 7) is 0.0444. The first kappa shape index (κ1) is 18.9. The molecule has 0 saturated carbocycles. The van der Waals surface area contributed by atoms with E-state index in [0.29, 0.717) is 19.4 Å². The summed E-state index contributed by atoms with van der Waals surface area (Å²) in [4.78, 5) is 27.1. The molecule has 8 heteroatoms. The van der Waals surface area contributed by atoms with Crippen LogP contribution in [0.2, 0.25) is 0 Å². The van der Waals surface area contributed by atoms with Crippen LogP contribution in [0.3, 0.4) is 0 Å². The summed E-state index contributed by atoms with van der Waals surface area (Å²) in [5.74, 6) is -2.01. The van der Waals surface area contributed by atoms with Gasteiger partial charge in [-0.25, -0.2) is 4.39 Å². The summed E-state index contributed by atoms with van der Waals surface area (Å²) in [5, 5.41) is 0. The smallest absolute Gasteiger partial charge is 0.324 e. The van der Waals surface area contributed by atoms with Gasteiger partial charge in [-0.1, -0.05) is 24.3 Å². The standard InChI is InChI=1S/C19H16F4N2O2/c20-15-8-3-4-9-16(15)25(12-24-11-5-10-17(24)26)18(27)13-6-1-2-7-14(13)19(21,22)23/h1-4,6-9H,5,10-12H2. The van der Waals surface area contributed by atoms with Crippen LogP contribution in [0.5, 0.6) is 0 Å². The molecule has 0 aromatic heterocycles. The van der Waals surface area contributed by atoms with Crippen LogP contribution in [0.4, 0.5) is 23.2 Å². The molecule has 1 saturated heterocycles. The number of carbonyl (C=O) groups excluding carboxylic acids is 2. The maximum absolute atomic E-state index is 14.3. The van der Waals surface area contributed by atoms with E-state index in [0.717, 1.165) is 23.1 Å². The van der Waals surface area contributed by atoms with Gasteiger partial charge < -0.3 is 4.90 Å². The number of rotatable bonds is 4. The average Bonchev–Trinajstić information content (AvgIpc) is 3.04. The highest BCUT2D eigenvalue weighted by molar-refractivity contribution is 6.07. The van der Waals surface area contributed by atoms with Crippen LogP contribution in [0.25, 0.3) is 0 Å². The molecule has 2 amide bonds. The van der Waals surface area contributed by atoms with Crippen molar-refractivity contribution in [2.45, 2.75) is 19.0 Å². The number of para-hydroxylation sites is 1. The Kier molecular flexibility index (Phi) is 5.16. The van der Waals surface area contributed by atoms with Crippen LogP contribution in [-0.4, -0.2) is 29.9 Å². The molecule has 0 N–H and O–H groups in total. The quantitative estimate of drug-likeness (QED) is 0.751. The Labute approximate surface area is 153 Å². The summed E-state index contributed by atoms with van der Waals surface area (Å²) in [5.41, 5.74) is -1.89. The number of anilines is 1. The molecule has 142 valence electrons. The van der Waals surface area contributed by atoms with E-state index >= 15 is 0 Å². The number of hydrogen-bond donors (Lipinski definition) is 0. The fraction of sp³-hybridized carbons (Fsp3) is 0.263. The molecule has 2 aromatic rings. The second kappa shape index (κ2) is 7.38. The maximum atomic E-state index is 14.3. The lowest BCUT2D eigenvalue weighted by atomic mass is 10.1. The second-order valence-electron chi connectivity index (χ2n) is 6.13. The number of halogens is 4. The largest absolute Gasteiger partial charge is 0.417 e. The van der Waals surface area contributed by atoms with Gasteiger partial charge in [-0.3, -0.25) is 14.5 Å². The van der Waals surface area contributed by atoms with Gasteiger partial charge in [0.2, 0.25) is 5.91 Å². The van der Waals surface area contributed by atoms with Crippen molar-refractivity contribution in [3.05, 3.63) is 65.5 Å². The van der Waals surface area contributed by atoms with Crippen LogP contribution in [-0.2, 0) is 11.0 Å². The molecule has 4 nitrogen and oxygen atoms in total. The first-order chi connectivity index (χ1) is 12.8. The molecular formula is C19H16F4N2O2. The molecule has 1 aliphatic rings. The Bertz CT molecular complexity index is 867. The third-order valence-corrected chi connectivity index (χ3v) is 4.33. The molecule has 0 bridgehead atoms. The highest BCUT2D eigenvalue weighted by atomic mass is 19.4. The van der Waals surface area contributed by atoms with Crippen molar-refractivity contribution in [2.75, 3.05) is 18.1 Å². The van der Waals surface area contributed by atoms with Crippen molar-refractivity contribution < 1.29 is 27.2 Å². The maximum Gasteiger partial charge on any atom is 0.417 e. The molecule has 1 heterocycles. The van der Waals surface area contributed by atoms with E-state index in [-0.39, 0.29) is 18.3 Å². The van der Waals surface area contributed by atoms with Crippen LogP contribution >= 0.6 is 0 Å². The third-order valence-electron chi connectivity index (χ3n) is 4.33. The van der Waals surface area contributed by atoms with Gasteiger partial charge >= 0.3 is 6.18 Å². The Balaban J connectivity index is 2.04. The van der Waals surface area contributed by atoms with E-state index in [1.54, 1.807) is 0 Å². The molecule has 27 heavy (non-hydrogen) atoms. The lowest BCUT2D eigenvalue weighted by Gasteiger charge is -2.29. The lowest BCUT2D eigenvalue weighted by molar-refractivity contribution is -0.138. The highest BCUT2D eigenvalue weighted by Gasteiger charge is 2.37. The van der Waals surface area contributed by atoms with E-state index in [4.69, 9.17) is 0 Å². The van der Waals surface area contributed by atoms with Crippen molar-refractivity contribution in [2.24, 2.45) is 0 Å².